The van der Waals surface area contributed by atoms with E-state index in [0.717, 1.165) is 11.8 Å². The first kappa shape index (κ1) is 14.0. The largest absolute Gasteiger partial charge is 0.314 e. The first-order valence-corrected chi connectivity index (χ1v) is 7.17. The molecule has 0 heterocycles. The fourth-order valence-electron chi connectivity index (χ4n) is 2.57. The van der Waals surface area contributed by atoms with Crippen LogP contribution < -0.4 is 5.32 Å². The molecular weight excluding hydrogens is 194 g/mol. The molecule has 1 nitrogen and oxygen atoms in total. The molecule has 0 radical (unpaired) electrons. The highest BCUT2D eigenvalue weighted by molar-refractivity contribution is 4.92. The maximum absolute atomic E-state index is 3.65. The second-order valence-electron chi connectivity index (χ2n) is 6.75. The summed E-state index contributed by atoms with van der Waals surface area (Å²) in [4.78, 5) is 0. The van der Waals surface area contributed by atoms with Gasteiger partial charge >= 0.3 is 0 Å². The van der Waals surface area contributed by atoms with E-state index in [4.69, 9.17) is 0 Å². The highest BCUT2D eigenvalue weighted by Crippen LogP contribution is 2.48. The van der Waals surface area contributed by atoms with E-state index >= 15 is 0 Å². The molecule has 1 N–H and O–H groups in total. The van der Waals surface area contributed by atoms with Crippen molar-refractivity contribution in [2.75, 3.05) is 6.54 Å². The van der Waals surface area contributed by atoms with E-state index in [1.165, 1.54) is 38.6 Å². The van der Waals surface area contributed by atoms with Crippen LogP contribution in [0.15, 0.2) is 0 Å². The summed E-state index contributed by atoms with van der Waals surface area (Å²) < 4.78 is 0. The molecule has 0 amide bonds. The minimum atomic E-state index is 0.569. The van der Waals surface area contributed by atoms with E-state index in [1.807, 2.05) is 0 Å². The third-order valence-corrected chi connectivity index (χ3v) is 4.01. The van der Waals surface area contributed by atoms with Crippen LogP contribution in [0.4, 0.5) is 0 Å². The van der Waals surface area contributed by atoms with E-state index in [0.29, 0.717) is 11.5 Å². The highest BCUT2D eigenvalue weighted by atomic mass is 14.9. The summed E-state index contributed by atoms with van der Waals surface area (Å²) in [5.74, 6) is 1.87. The van der Waals surface area contributed by atoms with Crippen molar-refractivity contribution < 1.29 is 0 Å². The van der Waals surface area contributed by atoms with Gasteiger partial charge in [-0.2, -0.15) is 0 Å². The maximum Gasteiger partial charge on any atom is 0.00106 e. The number of nitrogens with one attached hydrogen (secondary N) is 1. The number of rotatable bonds is 8. The average Bonchev–Trinajstić information content (AvgIpc) is 2.97. The monoisotopic (exact) mass is 225 g/mol. The molecule has 1 aliphatic rings. The number of hydrogen-bond acceptors (Lipinski definition) is 1. The summed E-state index contributed by atoms with van der Waals surface area (Å²) in [5, 5.41) is 3.65. The van der Waals surface area contributed by atoms with Gasteiger partial charge in [0.2, 0.25) is 0 Å². The average molecular weight is 225 g/mol. The minimum absolute atomic E-state index is 0.569. The molecular formula is C15H31N. The molecule has 0 aliphatic heterocycles. The zero-order valence-electron chi connectivity index (χ0n) is 12.0. The predicted octanol–water partition coefficient (Wildman–Crippen LogP) is 4.23. The lowest BCUT2D eigenvalue weighted by molar-refractivity contribution is 0.219. The Balaban J connectivity index is 2.32. The molecule has 0 aromatic carbocycles. The smallest absolute Gasteiger partial charge is 0.00106 e. The van der Waals surface area contributed by atoms with E-state index < -0.39 is 0 Å². The Morgan fingerprint density at radius 2 is 1.81 bits per heavy atom. The molecule has 1 heteroatoms. The van der Waals surface area contributed by atoms with Crippen molar-refractivity contribution >= 4 is 0 Å². The van der Waals surface area contributed by atoms with Gasteiger partial charge in [-0.3, -0.25) is 0 Å². The molecule has 0 aromatic rings. The summed E-state index contributed by atoms with van der Waals surface area (Å²) in [6.07, 6.45) is 7.15. The lowest BCUT2D eigenvalue weighted by Gasteiger charge is -2.31. The Morgan fingerprint density at radius 1 is 1.19 bits per heavy atom. The van der Waals surface area contributed by atoms with Crippen LogP contribution in [0, 0.1) is 17.3 Å². The highest BCUT2D eigenvalue weighted by Gasteiger charge is 2.40. The molecule has 1 unspecified atom stereocenters. The third-order valence-electron chi connectivity index (χ3n) is 4.01. The lowest BCUT2D eigenvalue weighted by atomic mass is 9.79. The molecule has 0 spiro atoms. The SMILES string of the molecule is CC(C)CCCC(C)(CNC(C)C)C1CC1. The van der Waals surface area contributed by atoms with Gasteiger partial charge in [0, 0.05) is 12.6 Å². The second kappa shape index (κ2) is 6.05. The van der Waals surface area contributed by atoms with Gasteiger partial charge in [-0.1, -0.05) is 47.5 Å². The van der Waals surface area contributed by atoms with Crippen molar-refractivity contribution in [3.8, 4) is 0 Å². The Hall–Kier alpha value is -0.0400. The Morgan fingerprint density at radius 3 is 2.25 bits per heavy atom. The fourth-order valence-corrected chi connectivity index (χ4v) is 2.57. The number of hydrogen-bond donors (Lipinski definition) is 1. The quantitative estimate of drug-likeness (QED) is 0.652. The molecule has 16 heavy (non-hydrogen) atoms. The molecule has 1 saturated carbocycles. The zero-order valence-corrected chi connectivity index (χ0v) is 12.0. The topological polar surface area (TPSA) is 12.0 Å². The fraction of sp³-hybridized carbons (Fsp3) is 1.00. The summed E-state index contributed by atoms with van der Waals surface area (Å²) in [6, 6.07) is 0.628. The Kier molecular flexibility index (Phi) is 5.30. The van der Waals surface area contributed by atoms with Crippen molar-refractivity contribution in [2.45, 2.75) is 72.8 Å². The van der Waals surface area contributed by atoms with Crippen molar-refractivity contribution in [3.05, 3.63) is 0 Å². The molecule has 1 aliphatic carbocycles. The summed E-state index contributed by atoms with van der Waals surface area (Å²) in [6.45, 7) is 12.9. The van der Waals surface area contributed by atoms with E-state index in [9.17, 15) is 0 Å². The molecule has 96 valence electrons. The Bertz CT molecular complexity index is 194. The van der Waals surface area contributed by atoms with Gasteiger partial charge < -0.3 is 5.32 Å². The van der Waals surface area contributed by atoms with Crippen molar-refractivity contribution in [1.29, 1.82) is 0 Å². The molecule has 1 fully saturated rings. The molecule has 0 bridgehead atoms. The molecule has 1 rings (SSSR count). The van der Waals surface area contributed by atoms with Gasteiger partial charge in [0.15, 0.2) is 0 Å². The van der Waals surface area contributed by atoms with Crippen molar-refractivity contribution in [2.24, 2.45) is 17.3 Å². The van der Waals surface area contributed by atoms with Gasteiger partial charge in [-0.15, -0.1) is 0 Å². The Labute approximate surface area is 102 Å². The van der Waals surface area contributed by atoms with Crippen LogP contribution in [0.2, 0.25) is 0 Å². The van der Waals surface area contributed by atoms with Crippen molar-refractivity contribution in [3.63, 3.8) is 0 Å². The molecule has 0 aromatic heterocycles. The predicted molar refractivity (Wildman–Crippen MR) is 72.7 cm³/mol. The summed E-state index contributed by atoms with van der Waals surface area (Å²) >= 11 is 0. The first-order chi connectivity index (χ1) is 7.44. The van der Waals surface area contributed by atoms with Gasteiger partial charge in [0.05, 0.1) is 0 Å². The van der Waals surface area contributed by atoms with Gasteiger partial charge in [0.1, 0.15) is 0 Å². The summed E-state index contributed by atoms with van der Waals surface area (Å²) in [5.41, 5.74) is 0.569. The maximum atomic E-state index is 3.65. The van der Waals surface area contributed by atoms with Crippen LogP contribution in [0.3, 0.4) is 0 Å². The summed E-state index contributed by atoms with van der Waals surface area (Å²) in [7, 11) is 0. The van der Waals surface area contributed by atoms with Crippen LogP contribution in [0.1, 0.15) is 66.7 Å². The second-order valence-corrected chi connectivity index (χ2v) is 6.75. The van der Waals surface area contributed by atoms with Gasteiger partial charge in [0.25, 0.3) is 0 Å². The van der Waals surface area contributed by atoms with Crippen LogP contribution in [-0.4, -0.2) is 12.6 Å². The first-order valence-electron chi connectivity index (χ1n) is 7.17. The van der Waals surface area contributed by atoms with Crippen LogP contribution >= 0.6 is 0 Å². The standard InChI is InChI=1S/C15H31N/c1-12(2)7-6-10-15(5,14-8-9-14)11-16-13(3)4/h12-14,16H,6-11H2,1-5H3. The van der Waals surface area contributed by atoms with Crippen LogP contribution in [0.25, 0.3) is 0 Å². The van der Waals surface area contributed by atoms with Crippen LogP contribution in [0.5, 0.6) is 0 Å². The van der Waals surface area contributed by atoms with Gasteiger partial charge in [-0.25, -0.2) is 0 Å². The molecule has 1 atom stereocenters. The molecule has 0 saturated heterocycles. The zero-order chi connectivity index (χ0) is 12.2. The normalized spacial score (nSPS) is 20.4. The van der Waals surface area contributed by atoms with E-state index in [-0.39, 0.29) is 0 Å². The van der Waals surface area contributed by atoms with E-state index in [2.05, 4.69) is 39.9 Å². The third kappa shape index (κ3) is 4.86. The van der Waals surface area contributed by atoms with Crippen molar-refractivity contribution in [1.82, 2.24) is 5.32 Å². The van der Waals surface area contributed by atoms with Gasteiger partial charge in [-0.05, 0) is 36.5 Å². The minimum Gasteiger partial charge on any atom is -0.314 e. The van der Waals surface area contributed by atoms with E-state index in [1.54, 1.807) is 0 Å². The van der Waals surface area contributed by atoms with Crippen LogP contribution in [-0.2, 0) is 0 Å². The lowest BCUT2D eigenvalue weighted by Crippen LogP contribution is -2.37.